The van der Waals surface area contributed by atoms with Crippen LogP contribution in [0.25, 0.3) is 11.4 Å². The highest BCUT2D eigenvalue weighted by Crippen LogP contribution is 2.28. The van der Waals surface area contributed by atoms with E-state index in [9.17, 15) is 0 Å². The number of aromatic nitrogens is 2. The number of hydrogen-bond donors (Lipinski definition) is 1. The number of rotatable bonds is 3. The largest absolute Gasteiger partial charge is 0.373 e. The molecule has 0 saturated carbocycles. The highest BCUT2D eigenvalue weighted by Gasteiger charge is 2.07. The van der Waals surface area contributed by atoms with Crippen molar-refractivity contribution in [1.29, 1.82) is 0 Å². The zero-order valence-corrected chi connectivity index (χ0v) is 13.3. The number of anilines is 1. The molecule has 0 saturated heterocycles. The molecule has 1 N–H and O–H groups in total. The summed E-state index contributed by atoms with van der Waals surface area (Å²) in [6.07, 6.45) is 0.891. The van der Waals surface area contributed by atoms with E-state index in [1.54, 1.807) is 0 Å². The summed E-state index contributed by atoms with van der Waals surface area (Å²) in [7, 11) is 1.86. The Kier molecular flexibility index (Phi) is 4.35. The Balaban J connectivity index is 2.51. The summed E-state index contributed by atoms with van der Waals surface area (Å²) in [6.45, 7) is 2.09. The van der Waals surface area contributed by atoms with Crippen LogP contribution in [-0.4, -0.2) is 17.0 Å². The summed E-state index contributed by atoms with van der Waals surface area (Å²) in [5, 5.41) is 3.07. The van der Waals surface area contributed by atoms with Crippen LogP contribution in [-0.2, 0) is 6.42 Å². The van der Waals surface area contributed by atoms with Crippen molar-refractivity contribution >= 4 is 37.7 Å². The fourth-order valence-corrected chi connectivity index (χ4v) is 2.20. The normalized spacial score (nSPS) is 10.4. The molecule has 5 heteroatoms. The van der Waals surface area contributed by atoms with E-state index in [2.05, 4.69) is 54.1 Å². The summed E-state index contributed by atoms with van der Waals surface area (Å²) in [5.41, 5.74) is 2.03. The summed E-state index contributed by atoms with van der Waals surface area (Å²) in [6, 6.07) is 7.97. The summed E-state index contributed by atoms with van der Waals surface area (Å²) in [5.74, 6) is 1.59. The van der Waals surface area contributed by atoms with Gasteiger partial charge in [-0.2, -0.15) is 0 Å². The molecule has 0 bridgehead atoms. The maximum atomic E-state index is 4.55. The van der Waals surface area contributed by atoms with Crippen LogP contribution in [0.4, 0.5) is 5.82 Å². The van der Waals surface area contributed by atoms with Crippen LogP contribution < -0.4 is 5.32 Å². The van der Waals surface area contributed by atoms with Gasteiger partial charge in [0.1, 0.15) is 5.82 Å². The number of aryl methyl sites for hydroxylation is 1. The second kappa shape index (κ2) is 5.80. The van der Waals surface area contributed by atoms with Crippen LogP contribution >= 0.6 is 31.9 Å². The van der Waals surface area contributed by atoms with Gasteiger partial charge in [-0.15, -0.1) is 0 Å². The van der Waals surface area contributed by atoms with Gasteiger partial charge in [-0.05, 0) is 56.5 Å². The van der Waals surface area contributed by atoms with Gasteiger partial charge in [0.15, 0.2) is 5.82 Å². The molecule has 0 aliphatic carbocycles. The Labute approximate surface area is 123 Å². The van der Waals surface area contributed by atoms with E-state index in [4.69, 9.17) is 0 Å². The summed E-state index contributed by atoms with van der Waals surface area (Å²) < 4.78 is 2.02. The maximum absolute atomic E-state index is 4.55. The summed E-state index contributed by atoms with van der Waals surface area (Å²) in [4.78, 5) is 9.04. The molecule has 1 heterocycles. The Morgan fingerprint density at radius 1 is 1.11 bits per heavy atom. The molecule has 2 aromatic rings. The van der Waals surface area contributed by atoms with Gasteiger partial charge in [0.25, 0.3) is 0 Å². The maximum Gasteiger partial charge on any atom is 0.161 e. The molecule has 0 amide bonds. The average molecular weight is 371 g/mol. The SMILES string of the molecule is CCc1cc(NC)nc(-c2ccc(Br)c(Br)c2)n1. The van der Waals surface area contributed by atoms with Gasteiger partial charge >= 0.3 is 0 Å². The molecule has 0 fully saturated rings. The molecule has 1 aromatic heterocycles. The quantitative estimate of drug-likeness (QED) is 0.876. The van der Waals surface area contributed by atoms with E-state index in [-0.39, 0.29) is 0 Å². The fraction of sp³-hybridized carbons (Fsp3) is 0.231. The van der Waals surface area contributed by atoms with Crippen molar-refractivity contribution in [3.05, 3.63) is 38.9 Å². The number of halogens is 2. The van der Waals surface area contributed by atoms with E-state index in [1.165, 1.54) is 0 Å². The van der Waals surface area contributed by atoms with Crippen LogP contribution in [0.3, 0.4) is 0 Å². The van der Waals surface area contributed by atoms with Crippen LogP contribution in [0.2, 0.25) is 0 Å². The Morgan fingerprint density at radius 2 is 1.89 bits per heavy atom. The molecule has 2 rings (SSSR count). The van der Waals surface area contributed by atoms with Gasteiger partial charge in [-0.1, -0.05) is 6.92 Å². The van der Waals surface area contributed by atoms with Crippen molar-refractivity contribution in [2.75, 3.05) is 12.4 Å². The topological polar surface area (TPSA) is 37.8 Å². The smallest absolute Gasteiger partial charge is 0.161 e. The first-order valence-corrected chi connectivity index (χ1v) is 7.23. The first-order valence-electron chi connectivity index (χ1n) is 5.65. The molecule has 0 atom stereocenters. The molecule has 0 unspecified atom stereocenters. The highest BCUT2D eigenvalue weighted by molar-refractivity contribution is 9.13. The predicted molar refractivity (Wildman–Crippen MR) is 81.8 cm³/mol. The van der Waals surface area contributed by atoms with Crippen molar-refractivity contribution in [1.82, 2.24) is 9.97 Å². The first-order chi connectivity index (χ1) is 8.63. The Hall–Kier alpha value is -0.940. The zero-order valence-electron chi connectivity index (χ0n) is 10.2. The van der Waals surface area contributed by atoms with Gasteiger partial charge in [-0.25, -0.2) is 9.97 Å². The van der Waals surface area contributed by atoms with E-state index in [1.807, 2.05) is 31.3 Å². The minimum absolute atomic E-state index is 0.743. The molecule has 94 valence electrons. The van der Waals surface area contributed by atoms with Crippen LogP contribution in [0.15, 0.2) is 33.2 Å². The van der Waals surface area contributed by atoms with Crippen molar-refractivity contribution in [2.24, 2.45) is 0 Å². The molecule has 0 aliphatic heterocycles. The van der Waals surface area contributed by atoms with E-state index in [0.717, 1.165) is 38.3 Å². The second-order valence-corrected chi connectivity index (χ2v) is 5.51. The molecule has 0 radical (unpaired) electrons. The molecule has 18 heavy (non-hydrogen) atoms. The van der Waals surface area contributed by atoms with E-state index in [0.29, 0.717) is 0 Å². The number of nitrogens with one attached hydrogen (secondary N) is 1. The molecule has 0 spiro atoms. The molecule has 1 aromatic carbocycles. The van der Waals surface area contributed by atoms with Crippen LogP contribution in [0.1, 0.15) is 12.6 Å². The third-order valence-electron chi connectivity index (χ3n) is 2.58. The second-order valence-electron chi connectivity index (χ2n) is 3.80. The lowest BCUT2D eigenvalue weighted by molar-refractivity contribution is 1.01. The van der Waals surface area contributed by atoms with E-state index >= 15 is 0 Å². The molecular formula is C13H13Br2N3. The van der Waals surface area contributed by atoms with Crippen molar-refractivity contribution in [3.63, 3.8) is 0 Å². The standard InChI is InChI=1S/C13H13Br2N3/c1-3-9-7-12(16-2)18-13(17-9)8-4-5-10(14)11(15)6-8/h4-7H,3H2,1-2H3,(H,16,17,18). The average Bonchev–Trinajstić information content (AvgIpc) is 2.41. The number of benzene rings is 1. The lowest BCUT2D eigenvalue weighted by atomic mass is 10.2. The monoisotopic (exact) mass is 369 g/mol. The minimum atomic E-state index is 0.743. The van der Waals surface area contributed by atoms with Gasteiger partial charge in [0, 0.05) is 33.3 Å². The fourth-order valence-electron chi connectivity index (χ4n) is 1.57. The zero-order chi connectivity index (χ0) is 13.1. The lowest BCUT2D eigenvalue weighted by Crippen LogP contribution is -2.00. The molecule has 3 nitrogen and oxygen atoms in total. The molecular weight excluding hydrogens is 358 g/mol. The van der Waals surface area contributed by atoms with Gasteiger partial charge in [-0.3, -0.25) is 0 Å². The number of hydrogen-bond acceptors (Lipinski definition) is 3. The van der Waals surface area contributed by atoms with Gasteiger partial charge < -0.3 is 5.32 Å². The Bertz CT molecular complexity index is 548. The highest BCUT2D eigenvalue weighted by atomic mass is 79.9. The van der Waals surface area contributed by atoms with E-state index < -0.39 is 0 Å². The summed E-state index contributed by atoms with van der Waals surface area (Å²) >= 11 is 6.95. The predicted octanol–water partition coefficient (Wildman–Crippen LogP) is 4.27. The van der Waals surface area contributed by atoms with Gasteiger partial charge in [0.05, 0.1) is 0 Å². The third-order valence-corrected chi connectivity index (χ3v) is 4.46. The number of nitrogens with zero attached hydrogens (tertiary/aromatic N) is 2. The Morgan fingerprint density at radius 3 is 2.50 bits per heavy atom. The first kappa shape index (κ1) is 13.5. The van der Waals surface area contributed by atoms with Crippen molar-refractivity contribution in [3.8, 4) is 11.4 Å². The van der Waals surface area contributed by atoms with Crippen LogP contribution in [0, 0.1) is 0 Å². The third kappa shape index (κ3) is 2.90. The molecule has 0 aliphatic rings. The van der Waals surface area contributed by atoms with Gasteiger partial charge in [0.2, 0.25) is 0 Å². The lowest BCUT2D eigenvalue weighted by Gasteiger charge is -2.07. The van der Waals surface area contributed by atoms with Crippen molar-refractivity contribution in [2.45, 2.75) is 13.3 Å². The minimum Gasteiger partial charge on any atom is -0.373 e. The van der Waals surface area contributed by atoms with Crippen molar-refractivity contribution < 1.29 is 0 Å². The van der Waals surface area contributed by atoms with Crippen LogP contribution in [0.5, 0.6) is 0 Å².